The van der Waals surface area contributed by atoms with Gasteiger partial charge in [-0.05, 0) is 43.7 Å². The second kappa shape index (κ2) is 8.57. The van der Waals surface area contributed by atoms with Crippen molar-refractivity contribution in [2.24, 2.45) is 0 Å². The molecule has 0 aliphatic carbocycles. The summed E-state index contributed by atoms with van der Waals surface area (Å²) >= 11 is 13.0. The molecule has 170 valence electrons. The van der Waals surface area contributed by atoms with Gasteiger partial charge in [0.25, 0.3) is 5.91 Å². The summed E-state index contributed by atoms with van der Waals surface area (Å²) in [6.07, 6.45) is -4.45. The summed E-state index contributed by atoms with van der Waals surface area (Å²) in [6, 6.07) is 5.38. The molecule has 0 bridgehead atoms. The molecule has 1 fully saturated rings. The standard InChI is InChI=1S/C22H20Cl2F3N3O2/c1-12-9-14(22(25,26)27)10-16-13(2)28-30(20(12)16)11-17-18(23)4-3-15(19(17)24)21(31)29-5-7-32-8-6-29/h3-4,9-10H,5-8,11H2,1-2H3. The van der Waals surface area contributed by atoms with Crippen LogP contribution in [0.5, 0.6) is 0 Å². The molecular weight excluding hydrogens is 466 g/mol. The molecule has 4 rings (SSSR count). The summed E-state index contributed by atoms with van der Waals surface area (Å²) in [4.78, 5) is 14.6. The molecule has 32 heavy (non-hydrogen) atoms. The lowest BCUT2D eigenvalue weighted by atomic mass is 10.1. The Morgan fingerprint density at radius 3 is 2.50 bits per heavy atom. The van der Waals surface area contributed by atoms with Crippen molar-refractivity contribution in [3.63, 3.8) is 0 Å². The number of rotatable bonds is 3. The van der Waals surface area contributed by atoms with E-state index in [1.807, 2.05) is 0 Å². The van der Waals surface area contributed by atoms with Gasteiger partial charge in [0.15, 0.2) is 0 Å². The minimum Gasteiger partial charge on any atom is -0.378 e. The smallest absolute Gasteiger partial charge is 0.378 e. The SMILES string of the molecule is Cc1nn(Cc2c(Cl)ccc(C(=O)N3CCOCC3)c2Cl)c2c(C)cc(C(F)(F)F)cc12. The van der Waals surface area contributed by atoms with Crippen molar-refractivity contribution in [2.45, 2.75) is 26.6 Å². The van der Waals surface area contributed by atoms with Crippen molar-refractivity contribution in [1.29, 1.82) is 0 Å². The maximum atomic E-state index is 13.3. The number of carbonyl (C=O) groups excluding carboxylic acids is 1. The fourth-order valence-corrected chi connectivity index (χ4v) is 4.53. The molecule has 0 radical (unpaired) electrons. The molecule has 1 aromatic heterocycles. The number of aromatic nitrogens is 2. The predicted molar refractivity (Wildman–Crippen MR) is 116 cm³/mol. The van der Waals surface area contributed by atoms with Crippen LogP contribution in [0, 0.1) is 13.8 Å². The van der Waals surface area contributed by atoms with Crippen LogP contribution in [0.3, 0.4) is 0 Å². The lowest BCUT2D eigenvalue weighted by molar-refractivity contribution is -0.137. The first kappa shape index (κ1) is 22.9. The molecular formula is C22H20Cl2F3N3O2. The molecule has 0 saturated carbocycles. The van der Waals surface area contributed by atoms with Crippen LogP contribution in [0.2, 0.25) is 10.0 Å². The fraction of sp³-hybridized carbons (Fsp3) is 0.364. The highest BCUT2D eigenvalue weighted by Gasteiger charge is 2.32. The van der Waals surface area contributed by atoms with E-state index < -0.39 is 11.7 Å². The van der Waals surface area contributed by atoms with E-state index in [1.54, 1.807) is 35.6 Å². The van der Waals surface area contributed by atoms with Gasteiger partial charge in [-0.3, -0.25) is 9.48 Å². The first-order chi connectivity index (χ1) is 15.1. The largest absolute Gasteiger partial charge is 0.416 e. The number of carbonyl (C=O) groups is 1. The average molecular weight is 486 g/mol. The van der Waals surface area contributed by atoms with Crippen molar-refractivity contribution in [3.05, 3.63) is 62.3 Å². The van der Waals surface area contributed by atoms with Crippen LogP contribution in [-0.4, -0.2) is 46.9 Å². The van der Waals surface area contributed by atoms with Gasteiger partial charge in [-0.15, -0.1) is 0 Å². The van der Waals surface area contributed by atoms with E-state index in [0.717, 1.165) is 12.1 Å². The van der Waals surface area contributed by atoms with Gasteiger partial charge in [0.1, 0.15) is 0 Å². The number of hydrogen-bond donors (Lipinski definition) is 0. The van der Waals surface area contributed by atoms with Gasteiger partial charge < -0.3 is 9.64 Å². The molecule has 1 saturated heterocycles. The first-order valence-corrected chi connectivity index (χ1v) is 10.7. The van der Waals surface area contributed by atoms with E-state index in [2.05, 4.69) is 5.10 Å². The number of fused-ring (bicyclic) bond motifs is 1. The minimum atomic E-state index is -4.45. The lowest BCUT2D eigenvalue weighted by Gasteiger charge is -2.27. The topological polar surface area (TPSA) is 47.4 Å². The van der Waals surface area contributed by atoms with Gasteiger partial charge >= 0.3 is 6.18 Å². The van der Waals surface area contributed by atoms with Crippen LogP contribution in [0.1, 0.15) is 32.7 Å². The van der Waals surface area contributed by atoms with E-state index >= 15 is 0 Å². The van der Waals surface area contributed by atoms with Gasteiger partial charge in [-0.1, -0.05) is 23.2 Å². The normalized spacial score (nSPS) is 14.9. The lowest BCUT2D eigenvalue weighted by Crippen LogP contribution is -2.40. The monoisotopic (exact) mass is 485 g/mol. The number of ether oxygens (including phenoxy) is 1. The molecule has 2 heterocycles. The molecule has 1 aliphatic rings. The highest BCUT2D eigenvalue weighted by atomic mass is 35.5. The van der Waals surface area contributed by atoms with E-state index in [0.29, 0.717) is 64.6 Å². The summed E-state index contributed by atoms with van der Waals surface area (Å²) in [5, 5.41) is 5.40. The number of aryl methyl sites for hydroxylation is 2. The zero-order valence-corrected chi connectivity index (χ0v) is 18.9. The molecule has 0 unspecified atom stereocenters. The molecule has 0 atom stereocenters. The minimum absolute atomic E-state index is 0.110. The Morgan fingerprint density at radius 2 is 1.84 bits per heavy atom. The van der Waals surface area contributed by atoms with Crippen LogP contribution < -0.4 is 0 Å². The molecule has 10 heteroatoms. The molecule has 0 N–H and O–H groups in total. The van der Waals surface area contributed by atoms with E-state index in [4.69, 9.17) is 27.9 Å². The highest BCUT2D eigenvalue weighted by Crippen LogP contribution is 2.36. The fourth-order valence-electron chi connectivity index (χ4n) is 3.96. The van der Waals surface area contributed by atoms with Gasteiger partial charge in [0.05, 0.1) is 47.1 Å². The van der Waals surface area contributed by atoms with E-state index in [-0.39, 0.29) is 17.5 Å². The van der Waals surface area contributed by atoms with Crippen LogP contribution >= 0.6 is 23.2 Å². The highest BCUT2D eigenvalue weighted by molar-refractivity contribution is 6.38. The van der Waals surface area contributed by atoms with Gasteiger partial charge in [0, 0.05) is 29.1 Å². The number of halogens is 5. The average Bonchev–Trinajstić information content (AvgIpc) is 3.06. The maximum absolute atomic E-state index is 13.3. The third-order valence-electron chi connectivity index (χ3n) is 5.57. The summed E-state index contributed by atoms with van der Waals surface area (Å²) in [6.45, 7) is 5.23. The Kier molecular flexibility index (Phi) is 6.13. The van der Waals surface area contributed by atoms with Crippen molar-refractivity contribution in [1.82, 2.24) is 14.7 Å². The second-order valence-corrected chi connectivity index (χ2v) is 8.51. The summed E-state index contributed by atoms with van der Waals surface area (Å²) in [5.41, 5.74) is 1.53. The number of alkyl halides is 3. The van der Waals surface area contributed by atoms with Crippen molar-refractivity contribution in [3.8, 4) is 0 Å². The first-order valence-electron chi connectivity index (χ1n) is 9.96. The van der Waals surface area contributed by atoms with Crippen LogP contribution in [0.15, 0.2) is 24.3 Å². The van der Waals surface area contributed by atoms with E-state index in [1.165, 1.54) is 0 Å². The Balaban J connectivity index is 1.75. The van der Waals surface area contributed by atoms with Crippen LogP contribution in [0.25, 0.3) is 10.9 Å². The third kappa shape index (κ3) is 4.19. The van der Waals surface area contributed by atoms with Crippen molar-refractivity contribution in [2.75, 3.05) is 26.3 Å². The number of amides is 1. The Morgan fingerprint density at radius 1 is 1.16 bits per heavy atom. The van der Waals surface area contributed by atoms with Gasteiger partial charge in [-0.25, -0.2) is 0 Å². The Hall–Kier alpha value is -2.29. The molecule has 2 aromatic carbocycles. The van der Waals surface area contributed by atoms with Crippen LogP contribution in [-0.2, 0) is 17.5 Å². The zero-order valence-electron chi connectivity index (χ0n) is 17.4. The second-order valence-electron chi connectivity index (χ2n) is 7.72. The Labute approximate surface area is 192 Å². The number of nitrogens with zero attached hydrogens (tertiary/aromatic N) is 3. The Bertz CT molecular complexity index is 1200. The predicted octanol–water partition coefficient (Wildman–Crippen LogP) is 5.50. The molecule has 1 aliphatic heterocycles. The van der Waals surface area contributed by atoms with Crippen molar-refractivity contribution >= 4 is 40.0 Å². The third-order valence-corrected chi connectivity index (χ3v) is 6.35. The quantitative estimate of drug-likeness (QED) is 0.492. The van der Waals surface area contributed by atoms with Gasteiger partial charge in [0.2, 0.25) is 0 Å². The van der Waals surface area contributed by atoms with E-state index in [9.17, 15) is 18.0 Å². The molecule has 0 spiro atoms. The molecule has 1 amide bonds. The molecule has 3 aromatic rings. The maximum Gasteiger partial charge on any atom is 0.416 e. The number of benzene rings is 2. The summed E-state index contributed by atoms with van der Waals surface area (Å²) in [7, 11) is 0. The number of morpholine rings is 1. The number of hydrogen-bond acceptors (Lipinski definition) is 3. The summed E-state index contributed by atoms with van der Waals surface area (Å²) in [5.74, 6) is -0.219. The van der Waals surface area contributed by atoms with Crippen molar-refractivity contribution < 1.29 is 22.7 Å². The van der Waals surface area contributed by atoms with Gasteiger partial charge in [-0.2, -0.15) is 18.3 Å². The summed E-state index contributed by atoms with van der Waals surface area (Å²) < 4.78 is 46.6. The zero-order chi connectivity index (χ0) is 23.2. The molecule has 5 nitrogen and oxygen atoms in total. The van der Waals surface area contributed by atoms with Crippen LogP contribution in [0.4, 0.5) is 13.2 Å².